The van der Waals surface area contributed by atoms with Crippen LogP contribution in [0.15, 0.2) is 22.8 Å². The summed E-state index contributed by atoms with van der Waals surface area (Å²) in [6, 6.07) is 4.06. The van der Waals surface area contributed by atoms with Crippen molar-refractivity contribution in [2.24, 2.45) is 0 Å². The summed E-state index contributed by atoms with van der Waals surface area (Å²) in [5.41, 5.74) is 0. The Morgan fingerprint density at radius 1 is 1.67 bits per heavy atom. The normalized spacial score (nSPS) is 22.8. The van der Waals surface area contributed by atoms with Crippen molar-refractivity contribution in [3.63, 3.8) is 0 Å². The molecule has 1 aromatic rings. The molecule has 18 heavy (non-hydrogen) atoms. The Morgan fingerprint density at radius 3 is 3.11 bits per heavy atom. The number of hydrogen-bond donors (Lipinski definition) is 1. The molecule has 1 N–H and O–H groups in total. The molecule has 1 fully saturated rings. The summed E-state index contributed by atoms with van der Waals surface area (Å²) in [5, 5.41) is 8.81. The van der Waals surface area contributed by atoms with Crippen LogP contribution in [0.3, 0.4) is 0 Å². The number of carboxylic acid groups (broad SMARTS) is 1. The number of hydrogen-bond acceptors (Lipinski definition) is 4. The third-order valence-corrected chi connectivity index (χ3v) is 3.27. The van der Waals surface area contributed by atoms with Gasteiger partial charge in [0.25, 0.3) is 0 Å². The molecule has 0 aromatic carbocycles. The number of carbonyl (C=O) groups is 1. The fourth-order valence-electron chi connectivity index (χ4n) is 2.46. The van der Waals surface area contributed by atoms with Gasteiger partial charge in [-0.2, -0.15) is 0 Å². The van der Waals surface area contributed by atoms with E-state index in [-0.39, 0.29) is 18.6 Å². The first kappa shape index (κ1) is 13.1. The van der Waals surface area contributed by atoms with Crippen molar-refractivity contribution in [1.29, 1.82) is 0 Å². The minimum Gasteiger partial charge on any atom is -0.481 e. The van der Waals surface area contributed by atoms with Crippen molar-refractivity contribution in [2.45, 2.75) is 31.9 Å². The van der Waals surface area contributed by atoms with Gasteiger partial charge in [-0.25, -0.2) is 0 Å². The van der Waals surface area contributed by atoms with E-state index in [0.29, 0.717) is 13.2 Å². The van der Waals surface area contributed by atoms with E-state index in [4.69, 9.17) is 14.3 Å². The zero-order valence-corrected chi connectivity index (χ0v) is 10.5. The molecule has 5 nitrogen and oxygen atoms in total. The number of nitrogens with zero attached hydrogens (tertiary/aromatic N) is 1. The largest absolute Gasteiger partial charge is 0.481 e. The van der Waals surface area contributed by atoms with Crippen LogP contribution in [-0.4, -0.2) is 41.8 Å². The van der Waals surface area contributed by atoms with Crippen molar-refractivity contribution < 1.29 is 19.1 Å². The maximum absolute atomic E-state index is 10.7. The Balaban J connectivity index is 2.00. The lowest BCUT2D eigenvalue weighted by Crippen LogP contribution is -2.44. The Morgan fingerprint density at radius 2 is 2.50 bits per heavy atom. The minimum atomic E-state index is -0.812. The number of ether oxygens (including phenoxy) is 1. The van der Waals surface area contributed by atoms with Crippen molar-refractivity contribution in [1.82, 2.24) is 4.90 Å². The van der Waals surface area contributed by atoms with Crippen LogP contribution in [0.5, 0.6) is 0 Å². The lowest BCUT2D eigenvalue weighted by molar-refractivity contribution is -0.142. The van der Waals surface area contributed by atoms with Gasteiger partial charge in [0.15, 0.2) is 0 Å². The lowest BCUT2D eigenvalue weighted by atomic mass is 10.1. The summed E-state index contributed by atoms with van der Waals surface area (Å²) in [6.45, 7) is 4.14. The quantitative estimate of drug-likeness (QED) is 0.868. The number of rotatable bonds is 5. The zero-order valence-electron chi connectivity index (χ0n) is 10.5. The number of carboxylic acids is 1. The van der Waals surface area contributed by atoms with Crippen molar-refractivity contribution >= 4 is 5.97 Å². The van der Waals surface area contributed by atoms with E-state index in [2.05, 4.69) is 11.8 Å². The van der Waals surface area contributed by atoms with E-state index in [0.717, 1.165) is 18.7 Å². The predicted molar refractivity (Wildman–Crippen MR) is 65.3 cm³/mol. The molecule has 2 unspecified atom stereocenters. The highest BCUT2D eigenvalue weighted by Crippen LogP contribution is 2.26. The Kier molecular flexibility index (Phi) is 4.38. The maximum Gasteiger partial charge on any atom is 0.306 e. The first-order valence-electron chi connectivity index (χ1n) is 6.31. The number of aliphatic carboxylic acids is 1. The summed E-state index contributed by atoms with van der Waals surface area (Å²) < 4.78 is 10.9. The summed E-state index contributed by atoms with van der Waals surface area (Å²) in [6.07, 6.45) is 2.45. The molecule has 2 atom stereocenters. The Labute approximate surface area is 106 Å². The minimum absolute atomic E-state index is 0.0606. The topological polar surface area (TPSA) is 62.9 Å². The molecule has 5 heteroatoms. The van der Waals surface area contributed by atoms with Crippen molar-refractivity contribution in [3.05, 3.63) is 24.2 Å². The van der Waals surface area contributed by atoms with Crippen LogP contribution >= 0.6 is 0 Å². The van der Waals surface area contributed by atoms with Gasteiger partial charge < -0.3 is 14.3 Å². The summed E-state index contributed by atoms with van der Waals surface area (Å²) in [4.78, 5) is 13.0. The van der Waals surface area contributed by atoms with Gasteiger partial charge in [0.1, 0.15) is 5.76 Å². The van der Waals surface area contributed by atoms with Crippen LogP contribution in [0.4, 0.5) is 0 Å². The SMILES string of the molecule is CCC(c1ccco1)N1CCOC(CC(=O)O)C1. The van der Waals surface area contributed by atoms with Gasteiger partial charge in [-0.05, 0) is 18.6 Å². The van der Waals surface area contributed by atoms with E-state index < -0.39 is 5.97 Å². The van der Waals surface area contributed by atoms with Gasteiger partial charge in [-0.3, -0.25) is 9.69 Å². The maximum atomic E-state index is 10.7. The summed E-state index contributed by atoms with van der Waals surface area (Å²) >= 11 is 0. The highest BCUT2D eigenvalue weighted by atomic mass is 16.5. The van der Waals surface area contributed by atoms with E-state index in [1.54, 1.807) is 6.26 Å². The highest BCUT2D eigenvalue weighted by molar-refractivity contribution is 5.67. The summed E-state index contributed by atoms with van der Waals surface area (Å²) in [5.74, 6) is 0.126. The first-order chi connectivity index (χ1) is 8.70. The fraction of sp³-hybridized carbons (Fsp3) is 0.615. The Hall–Kier alpha value is -1.33. The molecule has 1 saturated heterocycles. The molecule has 0 aliphatic carbocycles. The monoisotopic (exact) mass is 253 g/mol. The van der Waals surface area contributed by atoms with Crippen LogP contribution in [-0.2, 0) is 9.53 Å². The number of morpholine rings is 1. The van der Waals surface area contributed by atoms with Crippen molar-refractivity contribution in [2.75, 3.05) is 19.7 Å². The fourth-order valence-corrected chi connectivity index (χ4v) is 2.46. The predicted octanol–water partition coefficient (Wildman–Crippen LogP) is 1.91. The third-order valence-electron chi connectivity index (χ3n) is 3.27. The van der Waals surface area contributed by atoms with E-state index >= 15 is 0 Å². The molecule has 0 radical (unpaired) electrons. The molecule has 2 rings (SSSR count). The van der Waals surface area contributed by atoms with Crippen LogP contribution in [0.2, 0.25) is 0 Å². The summed E-state index contributed by atoms with van der Waals surface area (Å²) in [7, 11) is 0. The molecule has 1 aliphatic heterocycles. The standard InChI is InChI=1S/C13H19NO4/c1-2-11(12-4-3-6-18-12)14-5-7-17-10(9-14)8-13(15)16/h3-4,6,10-11H,2,5,7-9H2,1H3,(H,15,16). The molecule has 2 heterocycles. The second kappa shape index (κ2) is 6.02. The molecular weight excluding hydrogens is 234 g/mol. The van der Waals surface area contributed by atoms with Gasteiger partial charge in [0, 0.05) is 13.1 Å². The van der Waals surface area contributed by atoms with Crippen LogP contribution in [0.25, 0.3) is 0 Å². The molecule has 0 amide bonds. The smallest absolute Gasteiger partial charge is 0.306 e. The first-order valence-corrected chi connectivity index (χ1v) is 6.31. The third kappa shape index (κ3) is 3.11. The van der Waals surface area contributed by atoms with Gasteiger partial charge in [-0.15, -0.1) is 0 Å². The van der Waals surface area contributed by atoms with Crippen LogP contribution in [0.1, 0.15) is 31.6 Å². The average Bonchev–Trinajstić information content (AvgIpc) is 2.83. The molecular formula is C13H19NO4. The number of furan rings is 1. The van der Waals surface area contributed by atoms with Gasteiger partial charge in [0.05, 0.1) is 31.4 Å². The average molecular weight is 253 g/mol. The van der Waals surface area contributed by atoms with Crippen molar-refractivity contribution in [3.8, 4) is 0 Å². The molecule has 0 spiro atoms. The van der Waals surface area contributed by atoms with Crippen LogP contribution < -0.4 is 0 Å². The lowest BCUT2D eigenvalue weighted by Gasteiger charge is -2.36. The zero-order chi connectivity index (χ0) is 13.0. The molecule has 0 saturated carbocycles. The Bertz CT molecular complexity index is 376. The second-order valence-corrected chi connectivity index (χ2v) is 4.53. The molecule has 1 aromatic heterocycles. The van der Waals surface area contributed by atoms with E-state index in [9.17, 15) is 4.79 Å². The molecule has 1 aliphatic rings. The van der Waals surface area contributed by atoms with Gasteiger partial charge >= 0.3 is 5.97 Å². The second-order valence-electron chi connectivity index (χ2n) is 4.53. The highest BCUT2D eigenvalue weighted by Gasteiger charge is 2.28. The van der Waals surface area contributed by atoms with Crippen LogP contribution in [0, 0.1) is 0 Å². The van der Waals surface area contributed by atoms with Gasteiger partial charge in [0.2, 0.25) is 0 Å². The molecule has 100 valence electrons. The van der Waals surface area contributed by atoms with E-state index in [1.807, 2.05) is 12.1 Å². The van der Waals surface area contributed by atoms with Gasteiger partial charge in [-0.1, -0.05) is 6.92 Å². The molecule has 0 bridgehead atoms. The van der Waals surface area contributed by atoms with E-state index in [1.165, 1.54) is 0 Å².